The summed E-state index contributed by atoms with van der Waals surface area (Å²) in [5.74, 6) is 0. The van der Waals surface area contributed by atoms with Gasteiger partial charge in [-0.1, -0.05) is 0 Å². The van der Waals surface area contributed by atoms with Crippen LogP contribution in [-0.2, 0) is 58.8 Å². The molecule has 0 aromatic carbocycles. The second-order valence-corrected chi connectivity index (χ2v) is 14.4. The van der Waals surface area contributed by atoms with Gasteiger partial charge >= 0.3 is 46.9 Å². The molecule has 0 aromatic rings. The molecule has 24 nitrogen and oxygen atoms in total. The third-order valence-electron chi connectivity index (χ3n) is 3.63. The van der Waals surface area contributed by atoms with E-state index in [1.807, 2.05) is 0 Å². The molecule has 0 aromatic heterocycles. The highest BCUT2D eigenvalue weighted by Gasteiger charge is 2.62. The Morgan fingerprint density at radius 3 is 0.676 bits per heavy atom. The molecule has 0 radical (unpaired) electrons. The molecule has 222 valence electrons. The van der Waals surface area contributed by atoms with Crippen LogP contribution in [0.2, 0.25) is 0 Å². The van der Waals surface area contributed by atoms with Gasteiger partial charge in [0.05, 0.1) is 0 Å². The number of phosphoric acid groups is 6. The van der Waals surface area contributed by atoms with E-state index in [4.69, 9.17) is 0 Å². The second-order valence-electron chi connectivity index (χ2n) is 6.45. The zero-order valence-electron chi connectivity index (χ0n) is 17.0. The number of phosphoric ester groups is 6. The molecule has 1 aliphatic rings. The smallest absolute Gasteiger partial charge is 0.303 e. The lowest BCUT2D eigenvalue weighted by Crippen LogP contribution is -2.66. The summed E-state index contributed by atoms with van der Waals surface area (Å²) in [4.78, 5) is 102. The largest absolute Gasteiger partial charge is 0.475 e. The molecular formula is C6H19O24P7. The van der Waals surface area contributed by atoms with Crippen molar-refractivity contribution in [3.05, 3.63) is 0 Å². The Hall–Kier alpha value is 1.09. The van der Waals surface area contributed by atoms with Crippen LogP contribution in [0.3, 0.4) is 0 Å². The Morgan fingerprint density at radius 2 is 0.541 bits per heavy atom. The van der Waals surface area contributed by atoms with Crippen LogP contribution in [0, 0.1) is 0 Å². The van der Waals surface area contributed by atoms with Gasteiger partial charge < -0.3 is 53.8 Å². The van der Waals surface area contributed by atoms with Crippen LogP contribution in [0.1, 0.15) is 0 Å². The maximum absolute atomic E-state index is 12.0. The minimum absolute atomic E-state index is 1.14. The Balaban J connectivity index is 4.07. The van der Waals surface area contributed by atoms with Crippen molar-refractivity contribution in [1.29, 1.82) is 0 Å². The van der Waals surface area contributed by atoms with Crippen molar-refractivity contribution in [3.8, 4) is 0 Å². The number of hydrogen-bond acceptors (Lipinski definition) is 13. The maximum atomic E-state index is 12.0. The average Bonchev–Trinajstić information content (AvgIpc) is 2.59. The third-order valence-corrected chi connectivity index (χ3v) is 7.79. The molecule has 0 spiro atoms. The summed E-state index contributed by atoms with van der Waals surface area (Å²) in [6.07, 6.45) is -18.5. The summed E-state index contributed by atoms with van der Waals surface area (Å²) in [7, 11) is -34.4. The van der Waals surface area contributed by atoms with Crippen molar-refractivity contribution < 1.29 is 113 Å². The molecule has 0 aliphatic heterocycles. The molecule has 0 bridgehead atoms. The summed E-state index contributed by atoms with van der Waals surface area (Å²) in [6, 6.07) is 0. The monoisotopic (exact) mass is 692 g/mol. The van der Waals surface area contributed by atoms with Crippen LogP contribution in [0.5, 0.6) is 0 Å². The van der Waals surface area contributed by atoms with Crippen LogP contribution in [0.25, 0.3) is 0 Å². The van der Waals surface area contributed by atoms with Crippen molar-refractivity contribution in [2.75, 3.05) is 0 Å². The van der Waals surface area contributed by atoms with E-state index >= 15 is 0 Å². The van der Waals surface area contributed by atoms with E-state index < -0.39 is 83.6 Å². The molecule has 0 heterocycles. The molecule has 0 saturated heterocycles. The first-order valence-corrected chi connectivity index (χ1v) is 17.8. The lowest BCUT2D eigenvalue weighted by atomic mass is 9.85. The normalized spacial score (nSPS) is 30.2. The molecule has 11 N–H and O–H groups in total. The lowest BCUT2D eigenvalue weighted by Gasteiger charge is -2.48. The molecule has 0 amide bonds. The maximum Gasteiger partial charge on any atom is 0.475 e. The first kappa shape index (κ1) is 36.1. The molecular weight excluding hydrogens is 673 g/mol. The quantitative estimate of drug-likeness (QED) is 0.0902. The fourth-order valence-electron chi connectivity index (χ4n) is 2.81. The van der Waals surface area contributed by atoms with Crippen LogP contribution >= 0.6 is 56.4 Å². The van der Waals surface area contributed by atoms with Crippen LogP contribution in [-0.4, -0.2) is 90.5 Å². The lowest BCUT2D eigenvalue weighted by molar-refractivity contribution is -0.201. The van der Waals surface area contributed by atoms with Crippen molar-refractivity contribution >= 4 is 56.4 Å². The molecule has 1 saturated carbocycles. The van der Waals surface area contributed by atoms with E-state index in [0.29, 0.717) is 0 Å². The van der Waals surface area contributed by atoms with Gasteiger partial charge in [-0.25, -0.2) is 27.4 Å². The van der Waals surface area contributed by atoms with Gasteiger partial charge in [0.15, 0.2) is 0 Å². The fraction of sp³-hybridized carbons (Fsp3) is 1.00. The molecule has 2 unspecified atom stereocenters. The van der Waals surface area contributed by atoms with Gasteiger partial charge in [-0.15, -0.1) is 0 Å². The average molecular weight is 692 g/mol. The van der Waals surface area contributed by atoms with Gasteiger partial charge in [-0.3, -0.25) is 31.5 Å². The zero-order chi connectivity index (χ0) is 29.4. The molecule has 1 rings (SSSR count). The summed E-state index contributed by atoms with van der Waals surface area (Å²) in [5, 5.41) is 0. The standard InChI is InChI=1S/C6H19O24P7/c7-32(8,9)24-1-2(25-33(10,11)12)4(27-35(16,17)18)6(29-37(22,23)30-31)5(28-36(19,20)21)3(1)26-34(13,14)15/h1-6H,31H2,(H,22,23)(H2,7,8,9)(H2,10,11,12)(H2,13,14,15)(H2,16,17,18)(H2,19,20,21)/t1-,2-,3+,4-,5-,6-/m0/s1. The van der Waals surface area contributed by atoms with Gasteiger partial charge in [0, 0.05) is 9.47 Å². The molecule has 8 atom stereocenters. The van der Waals surface area contributed by atoms with Gasteiger partial charge in [0.2, 0.25) is 0 Å². The predicted octanol–water partition coefficient (Wildman–Crippen LogP) is -2.32. The van der Waals surface area contributed by atoms with Crippen molar-refractivity contribution in [2.24, 2.45) is 0 Å². The van der Waals surface area contributed by atoms with E-state index in [9.17, 15) is 81.2 Å². The van der Waals surface area contributed by atoms with Gasteiger partial charge in [0.1, 0.15) is 36.6 Å². The first-order valence-electron chi connectivity index (χ1n) is 8.22. The SMILES string of the molecule is O=P(O)(O)O[C@@H]1[C@@H](OP(=O)(O)O)[C@H](OP(=O)(O)O)[C@@H](OP(=O)(O)OP)[C@@H](OP(=O)(O)O)[C@H]1OP(=O)(O)O. The Labute approximate surface area is 206 Å². The minimum Gasteiger partial charge on any atom is -0.303 e. The summed E-state index contributed by atoms with van der Waals surface area (Å²) < 4.78 is 98.8. The van der Waals surface area contributed by atoms with E-state index in [-0.39, 0.29) is 0 Å². The van der Waals surface area contributed by atoms with Crippen molar-refractivity contribution in [2.45, 2.75) is 36.6 Å². The van der Waals surface area contributed by atoms with Crippen LogP contribution in [0.15, 0.2) is 0 Å². The van der Waals surface area contributed by atoms with Crippen LogP contribution in [0.4, 0.5) is 0 Å². The van der Waals surface area contributed by atoms with E-state index in [2.05, 4.69) is 31.5 Å². The first-order chi connectivity index (χ1) is 16.1. The van der Waals surface area contributed by atoms with E-state index in [1.165, 1.54) is 0 Å². The predicted molar refractivity (Wildman–Crippen MR) is 110 cm³/mol. The molecule has 1 aliphatic carbocycles. The number of rotatable bonds is 13. The van der Waals surface area contributed by atoms with Gasteiger partial charge in [0.25, 0.3) is 0 Å². The third kappa shape index (κ3) is 13.5. The molecule has 31 heteroatoms. The van der Waals surface area contributed by atoms with Crippen molar-refractivity contribution in [3.63, 3.8) is 0 Å². The highest BCUT2D eigenvalue weighted by molar-refractivity contribution is 7.52. The fourth-order valence-corrected chi connectivity index (χ4v) is 6.34. The highest BCUT2D eigenvalue weighted by Crippen LogP contribution is 2.58. The molecule has 1 fully saturated rings. The van der Waals surface area contributed by atoms with Crippen molar-refractivity contribution in [1.82, 2.24) is 0 Å². The Kier molecular flexibility index (Phi) is 12.2. The zero-order valence-corrected chi connectivity index (χ0v) is 23.5. The van der Waals surface area contributed by atoms with Gasteiger partial charge in [-0.2, -0.15) is 0 Å². The molecule has 37 heavy (non-hydrogen) atoms. The summed E-state index contributed by atoms with van der Waals surface area (Å²) >= 11 is 0. The van der Waals surface area contributed by atoms with Gasteiger partial charge in [-0.05, 0) is 0 Å². The Bertz CT molecular complexity index is 1010. The van der Waals surface area contributed by atoms with E-state index in [1.54, 1.807) is 0 Å². The number of hydrogen-bond donors (Lipinski definition) is 11. The minimum atomic E-state index is -6.00. The summed E-state index contributed by atoms with van der Waals surface area (Å²) in [6.45, 7) is 0. The Morgan fingerprint density at radius 1 is 0.378 bits per heavy atom. The van der Waals surface area contributed by atoms with E-state index in [0.717, 1.165) is 9.47 Å². The summed E-state index contributed by atoms with van der Waals surface area (Å²) in [5.41, 5.74) is 0. The second kappa shape index (κ2) is 12.5. The topological polar surface area (TPSA) is 390 Å². The highest BCUT2D eigenvalue weighted by atomic mass is 31.2. The van der Waals surface area contributed by atoms with Crippen LogP contribution < -0.4 is 0 Å².